The van der Waals surface area contributed by atoms with Gasteiger partial charge < -0.3 is 9.47 Å². The molecule has 0 spiro atoms. The first-order valence-corrected chi connectivity index (χ1v) is 8.01. The lowest BCUT2D eigenvalue weighted by Crippen LogP contribution is -2.33. The fourth-order valence-corrected chi connectivity index (χ4v) is 2.69. The summed E-state index contributed by atoms with van der Waals surface area (Å²) in [6.07, 6.45) is 0.259. The number of fused-ring (bicyclic) bond motifs is 1. The molecule has 2 rings (SSSR count). The minimum absolute atomic E-state index is 0.209. The third-order valence-electron chi connectivity index (χ3n) is 3.81. The first-order valence-electron chi connectivity index (χ1n) is 8.01. The summed E-state index contributed by atoms with van der Waals surface area (Å²) >= 11 is 0. The summed E-state index contributed by atoms with van der Waals surface area (Å²) in [6.45, 7) is 6.80. The van der Waals surface area contributed by atoms with E-state index in [4.69, 9.17) is 9.47 Å². The average Bonchev–Trinajstić information content (AvgIpc) is 2.50. The molecule has 0 saturated heterocycles. The van der Waals surface area contributed by atoms with Crippen molar-refractivity contribution >= 4 is 22.5 Å². The molecule has 0 aliphatic rings. The summed E-state index contributed by atoms with van der Waals surface area (Å²) in [6, 6.07) is 11.7. The number of rotatable bonds is 5. The molecule has 0 amide bonds. The summed E-state index contributed by atoms with van der Waals surface area (Å²) in [7, 11) is 1.59. The van der Waals surface area contributed by atoms with E-state index in [-0.39, 0.29) is 12.2 Å². The largest absolute Gasteiger partial charge is 0.496 e. The van der Waals surface area contributed by atoms with Crippen LogP contribution in [0.3, 0.4) is 0 Å². The van der Waals surface area contributed by atoms with Gasteiger partial charge in [0, 0.05) is 5.56 Å². The number of ether oxygens (including phenoxy) is 2. The Morgan fingerprint density at radius 1 is 1.08 bits per heavy atom. The molecule has 24 heavy (non-hydrogen) atoms. The smallest absolute Gasteiger partial charge is 0.317 e. The van der Waals surface area contributed by atoms with Crippen LogP contribution in [0.15, 0.2) is 36.4 Å². The molecule has 4 nitrogen and oxygen atoms in total. The zero-order chi connectivity index (χ0) is 17.9. The minimum Gasteiger partial charge on any atom is -0.496 e. The third kappa shape index (κ3) is 4.13. The maximum atomic E-state index is 12.5. The van der Waals surface area contributed by atoms with Crippen LogP contribution in [0.5, 0.6) is 5.75 Å². The Labute approximate surface area is 142 Å². The second-order valence-corrected chi connectivity index (χ2v) is 6.87. The van der Waals surface area contributed by atoms with Crippen LogP contribution in [0.1, 0.15) is 33.3 Å². The molecule has 4 heteroatoms. The second-order valence-electron chi connectivity index (χ2n) is 6.87. The van der Waals surface area contributed by atoms with Gasteiger partial charge in [0.1, 0.15) is 23.1 Å². The van der Waals surface area contributed by atoms with Crippen LogP contribution >= 0.6 is 0 Å². The van der Waals surface area contributed by atoms with Gasteiger partial charge in [-0.2, -0.15) is 0 Å². The standard InChI is InChI=1S/C20H24O4/c1-13(21)16(19(22)24-20(2,3)4)12-17-15-9-7-6-8-14(15)10-11-18(17)23-5/h6-11,16H,12H2,1-5H3. The summed E-state index contributed by atoms with van der Waals surface area (Å²) < 4.78 is 10.9. The number of carbonyl (C=O) groups is 2. The molecule has 0 aliphatic carbocycles. The van der Waals surface area contributed by atoms with Crippen LogP contribution in [-0.2, 0) is 20.7 Å². The monoisotopic (exact) mass is 328 g/mol. The van der Waals surface area contributed by atoms with E-state index in [2.05, 4.69) is 0 Å². The van der Waals surface area contributed by atoms with E-state index in [1.54, 1.807) is 27.9 Å². The number of carbonyl (C=O) groups excluding carboxylic acids is 2. The van der Waals surface area contributed by atoms with Crippen molar-refractivity contribution in [3.05, 3.63) is 42.0 Å². The Hall–Kier alpha value is -2.36. The molecule has 1 atom stereocenters. The topological polar surface area (TPSA) is 52.6 Å². The van der Waals surface area contributed by atoms with Crippen LogP contribution in [0, 0.1) is 5.92 Å². The van der Waals surface area contributed by atoms with Crippen LogP contribution in [0.4, 0.5) is 0 Å². The highest BCUT2D eigenvalue weighted by molar-refractivity contribution is 5.99. The highest BCUT2D eigenvalue weighted by Gasteiger charge is 2.30. The first-order chi connectivity index (χ1) is 11.2. The highest BCUT2D eigenvalue weighted by atomic mass is 16.6. The lowest BCUT2D eigenvalue weighted by Gasteiger charge is -2.23. The number of ketones is 1. The van der Waals surface area contributed by atoms with Crippen molar-refractivity contribution in [2.24, 2.45) is 5.92 Å². The van der Waals surface area contributed by atoms with Crippen molar-refractivity contribution < 1.29 is 19.1 Å². The van der Waals surface area contributed by atoms with E-state index in [9.17, 15) is 9.59 Å². The molecule has 0 fully saturated rings. The quantitative estimate of drug-likeness (QED) is 0.616. The molecule has 128 valence electrons. The fraction of sp³-hybridized carbons (Fsp3) is 0.400. The molecule has 2 aromatic carbocycles. The first kappa shape index (κ1) is 18.0. The van der Waals surface area contributed by atoms with Crippen LogP contribution in [-0.4, -0.2) is 24.5 Å². The Balaban J connectivity index is 2.44. The zero-order valence-corrected chi connectivity index (χ0v) is 14.9. The minimum atomic E-state index is -0.844. The molecule has 2 aromatic rings. The molecule has 0 N–H and O–H groups in total. The van der Waals surface area contributed by atoms with Crippen molar-refractivity contribution in [3.8, 4) is 5.75 Å². The van der Waals surface area contributed by atoms with Crippen molar-refractivity contribution in [3.63, 3.8) is 0 Å². The Morgan fingerprint density at radius 3 is 2.33 bits per heavy atom. The maximum Gasteiger partial charge on any atom is 0.317 e. The van der Waals surface area contributed by atoms with Gasteiger partial charge in [-0.15, -0.1) is 0 Å². The van der Waals surface area contributed by atoms with E-state index >= 15 is 0 Å². The molecule has 0 heterocycles. The Kier molecular flexibility index (Phi) is 5.27. The number of benzene rings is 2. The summed E-state index contributed by atoms with van der Waals surface area (Å²) in [5.41, 5.74) is 0.217. The number of esters is 1. The lowest BCUT2D eigenvalue weighted by atomic mass is 9.91. The zero-order valence-electron chi connectivity index (χ0n) is 14.9. The molecule has 0 bridgehead atoms. The molecule has 0 aromatic heterocycles. The van der Waals surface area contributed by atoms with Crippen molar-refractivity contribution in [1.82, 2.24) is 0 Å². The fourth-order valence-electron chi connectivity index (χ4n) is 2.69. The predicted molar refractivity (Wildman–Crippen MR) is 94.2 cm³/mol. The van der Waals surface area contributed by atoms with Gasteiger partial charge in [0.25, 0.3) is 0 Å². The number of methoxy groups -OCH3 is 1. The third-order valence-corrected chi connectivity index (χ3v) is 3.81. The molecule has 0 saturated carbocycles. The van der Waals surface area contributed by atoms with Gasteiger partial charge in [0.05, 0.1) is 7.11 Å². The summed E-state index contributed by atoms with van der Waals surface area (Å²) in [5, 5.41) is 2.02. The maximum absolute atomic E-state index is 12.5. The lowest BCUT2D eigenvalue weighted by molar-refractivity contribution is -0.161. The van der Waals surface area contributed by atoms with Crippen molar-refractivity contribution in [2.45, 2.75) is 39.7 Å². The van der Waals surface area contributed by atoms with E-state index in [1.165, 1.54) is 6.92 Å². The van der Waals surface area contributed by atoms with Crippen LogP contribution in [0.2, 0.25) is 0 Å². The summed E-state index contributed by atoms with van der Waals surface area (Å²) in [5.74, 6) is -0.878. The SMILES string of the molecule is COc1ccc2ccccc2c1CC(C(C)=O)C(=O)OC(C)(C)C. The van der Waals surface area contributed by atoms with E-state index in [1.807, 2.05) is 36.4 Å². The number of hydrogen-bond donors (Lipinski definition) is 0. The van der Waals surface area contributed by atoms with Crippen LogP contribution < -0.4 is 4.74 Å². The Morgan fingerprint density at radius 2 is 1.75 bits per heavy atom. The molecule has 0 aliphatic heterocycles. The molecular weight excluding hydrogens is 304 g/mol. The predicted octanol–water partition coefficient (Wildman–Crippen LogP) is 3.94. The Bertz CT molecular complexity index is 756. The summed E-state index contributed by atoms with van der Waals surface area (Å²) in [4.78, 5) is 24.5. The van der Waals surface area contributed by atoms with E-state index < -0.39 is 17.5 Å². The molecule has 0 radical (unpaired) electrons. The van der Waals surface area contributed by atoms with E-state index in [0.29, 0.717) is 5.75 Å². The number of Topliss-reactive ketones (excluding diaryl/α,β-unsaturated/α-hetero) is 1. The highest BCUT2D eigenvalue weighted by Crippen LogP contribution is 2.31. The van der Waals surface area contributed by atoms with Gasteiger partial charge in [-0.3, -0.25) is 9.59 Å². The van der Waals surface area contributed by atoms with Crippen LogP contribution in [0.25, 0.3) is 10.8 Å². The normalized spacial score (nSPS) is 12.7. The van der Waals surface area contributed by atoms with Gasteiger partial charge in [-0.25, -0.2) is 0 Å². The van der Waals surface area contributed by atoms with Gasteiger partial charge >= 0.3 is 5.97 Å². The average molecular weight is 328 g/mol. The second kappa shape index (κ2) is 7.04. The number of hydrogen-bond acceptors (Lipinski definition) is 4. The van der Waals surface area contributed by atoms with Crippen molar-refractivity contribution in [1.29, 1.82) is 0 Å². The molecular formula is C20H24O4. The van der Waals surface area contributed by atoms with Crippen molar-refractivity contribution in [2.75, 3.05) is 7.11 Å². The van der Waals surface area contributed by atoms with Gasteiger partial charge in [0.15, 0.2) is 0 Å². The van der Waals surface area contributed by atoms with Gasteiger partial charge in [-0.05, 0) is 51.0 Å². The van der Waals surface area contributed by atoms with Gasteiger partial charge in [-0.1, -0.05) is 30.3 Å². The van der Waals surface area contributed by atoms with Gasteiger partial charge in [0.2, 0.25) is 0 Å². The van der Waals surface area contributed by atoms with E-state index in [0.717, 1.165) is 16.3 Å². The molecule has 1 unspecified atom stereocenters.